The molecule has 3 heterocycles. The van der Waals surface area contributed by atoms with Crippen LogP contribution in [-0.4, -0.2) is 26.0 Å². The van der Waals surface area contributed by atoms with Crippen LogP contribution >= 0.6 is 11.8 Å². The van der Waals surface area contributed by atoms with Gasteiger partial charge in [0.05, 0.1) is 5.69 Å². The van der Waals surface area contributed by atoms with E-state index in [9.17, 15) is 4.39 Å². The molecule has 0 bridgehead atoms. The van der Waals surface area contributed by atoms with E-state index in [1.807, 2.05) is 34.5 Å². The van der Waals surface area contributed by atoms with Gasteiger partial charge in [0.1, 0.15) is 17.2 Å². The topological polar surface area (TPSA) is 30.7 Å². The minimum Gasteiger partial charge on any atom is -0.280 e. The zero-order valence-electron chi connectivity index (χ0n) is 12.1. The Kier molecular flexibility index (Phi) is 3.58. The monoisotopic (exact) mass is 313 g/mol. The van der Waals surface area contributed by atoms with E-state index in [4.69, 9.17) is 4.98 Å². The zero-order chi connectivity index (χ0) is 14.9. The Morgan fingerprint density at radius 3 is 2.82 bits per heavy atom. The van der Waals surface area contributed by atoms with E-state index >= 15 is 0 Å². The first kappa shape index (κ1) is 13.8. The van der Waals surface area contributed by atoms with Crippen molar-refractivity contribution in [1.82, 2.24) is 14.5 Å². The molecule has 0 spiro atoms. The van der Waals surface area contributed by atoms with Crippen LogP contribution in [0.25, 0.3) is 16.9 Å². The van der Waals surface area contributed by atoms with Gasteiger partial charge in [-0.15, -0.1) is 0 Å². The van der Waals surface area contributed by atoms with Crippen molar-refractivity contribution in [3.8, 4) is 5.69 Å². The first-order valence-electron chi connectivity index (χ1n) is 7.50. The minimum atomic E-state index is -0.236. The molecule has 5 heteroatoms. The largest absolute Gasteiger partial charge is 0.280 e. The molecule has 3 aromatic rings. The van der Waals surface area contributed by atoms with E-state index in [2.05, 4.69) is 4.98 Å². The number of rotatable bonds is 2. The molecule has 0 aliphatic carbocycles. The quantitative estimate of drug-likeness (QED) is 0.711. The number of benzene rings is 1. The van der Waals surface area contributed by atoms with Crippen LogP contribution in [-0.2, 0) is 0 Å². The Morgan fingerprint density at radius 2 is 2.00 bits per heavy atom. The normalized spacial score (nSPS) is 16.2. The standard InChI is InChI=1S/C17H16FN3S/c18-13-3-1-4-14(11-13)21-16(12-6-9-22-10-7-12)20-15-5-2-8-19-17(15)21/h1-5,8,11-12H,6-7,9-10H2. The number of hydrogen-bond acceptors (Lipinski definition) is 3. The fourth-order valence-electron chi connectivity index (χ4n) is 3.03. The van der Waals surface area contributed by atoms with Crippen molar-refractivity contribution in [2.45, 2.75) is 18.8 Å². The molecule has 2 aromatic heterocycles. The van der Waals surface area contributed by atoms with E-state index in [1.54, 1.807) is 18.3 Å². The highest BCUT2D eigenvalue weighted by Crippen LogP contribution is 2.34. The molecular formula is C17H16FN3S. The lowest BCUT2D eigenvalue weighted by Gasteiger charge is -2.22. The summed E-state index contributed by atoms with van der Waals surface area (Å²) < 4.78 is 15.7. The molecule has 0 saturated carbocycles. The number of thioether (sulfide) groups is 1. The molecule has 1 fully saturated rings. The van der Waals surface area contributed by atoms with Crippen LogP contribution in [0.5, 0.6) is 0 Å². The van der Waals surface area contributed by atoms with Gasteiger partial charge in [0.2, 0.25) is 0 Å². The molecule has 0 N–H and O–H groups in total. The van der Waals surface area contributed by atoms with E-state index in [-0.39, 0.29) is 5.82 Å². The Hall–Kier alpha value is -1.88. The average molecular weight is 313 g/mol. The highest BCUT2D eigenvalue weighted by Gasteiger charge is 2.24. The predicted octanol–water partition coefficient (Wildman–Crippen LogP) is 4.17. The van der Waals surface area contributed by atoms with Crippen molar-refractivity contribution in [3.63, 3.8) is 0 Å². The van der Waals surface area contributed by atoms with E-state index in [1.165, 1.54) is 6.07 Å². The first-order chi connectivity index (χ1) is 10.8. The first-order valence-corrected chi connectivity index (χ1v) is 8.65. The summed E-state index contributed by atoms with van der Waals surface area (Å²) in [6, 6.07) is 10.5. The Bertz CT molecular complexity index is 809. The summed E-state index contributed by atoms with van der Waals surface area (Å²) in [6.07, 6.45) is 3.99. The summed E-state index contributed by atoms with van der Waals surface area (Å²) in [6.45, 7) is 0. The molecule has 1 saturated heterocycles. The number of aromatic nitrogens is 3. The van der Waals surface area contributed by atoms with Gasteiger partial charge in [-0.1, -0.05) is 6.07 Å². The van der Waals surface area contributed by atoms with Gasteiger partial charge in [-0.3, -0.25) is 4.57 Å². The summed E-state index contributed by atoms with van der Waals surface area (Å²) in [7, 11) is 0. The lowest BCUT2D eigenvalue weighted by atomic mass is 10.0. The molecule has 3 nitrogen and oxygen atoms in total. The molecule has 0 unspecified atom stereocenters. The van der Waals surface area contributed by atoms with Crippen molar-refractivity contribution < 1.29 is 4.39 Å². The van der Waals surface area contributed by atoms with E-state index in [0.29, 0.717) is 5.92 Å². The van der Waals surface area contributed by atoms with Crippen LogP contribution in [0.1, 0.15) is 24.6 Å². The zero-order valence-corrected chi connectivity index (χ0v) is 12.9. The van der Waals surface area contributed by atoms with Crippen LogP contribution in [0.3, 0.4) is 0 Å². The second-order valence-corrected chi connectivity index (χ2v) is 6.74. The number of hydrogen-bond donors (Lipinski definition) is 0. The lowest BCUT2D eigenvalue weighted by molar-refractivity contribution is 0.589. The molecule has 112 valence electrons. The van der Waals surface area contributed by atoms with Crippen molar-refractivity contribution in [2.75, 3.05) is 11.5 Å². The Labute approximate surface area is 132 Å². The highest BCUT2D eigenvalue weighted by molar-refractivity contribution is 7.99. The highest BCUT2D eigenvalue weighted by atomic mass is 32.2. The predicted molar refractivity (Wildman–Crippen MR) is 88.1 cm³/mol. The van der Waals surface area contributed by atoms with Crippen molar-refractivity contribution in [1.29, 1.82) is 0 Å². The Balaban J connectivity index is 1.93. The van der Waals surface area contributed by atoms with E-state index < -0.39 is 0 Å². The fraction of sp³-hybridized carbons (Fsp3) is 0.294. The Morgan fingerprint density at radius 1 is 1.14 bits per heavy atom. The molecule has 0 atom stereocenters. The van der Waals surface area contributed by atoms with E-state index in [0.717, 1.165) is 47.0 Å². The summed E-state index contributed by atoms with van der Waals surface area (Å²) in [5.74, 6) is 3.51. The maximum Gasteiger partial charge on any atom is 0.164 e. The molecule has 1 aliphatic rings. The summed E-state index contributed by atoms with van der Waals surface area (Å²) >= 11 is 1.99. The van der Waals surface area contributed by atoms with Gasteiger partial charge in [0, 0.05) is 12.1 Å². The molecular weight excluding hydrogens is 297 g/mol. The maximum atomic E-state index is 13.7. The van der Waals surface area contributed by atoms with Crippen LogP contribution in [0, 0.1) is 5.82 Å². The number of nitrogens with zero attached hydrogens (tertiary/aromatic N) is 3. The van der Waals surface area contributed by atoms with Gasteiger partial charge in [0.25, 0.3) is 0 Å². The number of halogens is 1. The third-order valence-corrected chi connectivity index (χ3v) is 5.14. The number of pyridine rings is 1. The number of imidazole rings is 1. The molecule has 4 rings (SSSR count). The molecule has 1 aliphatic heterocycles. The van der Waals surface area contributed by atoms with Crippen LogP contribution < -0.4 is 0 Å². The van der Waals surface area contributed by atoms with Gasteiger partial charge in [-0.2, -0.15) is 11.8 Å². The number of fused-ring (bicyclic) bond motifs is 1. The third-order valence-electron chi connectivity index (χ3n) is 4.09. The van der Waals surface area contributed by atoms with Gasteiger partial charge in [0.15, 0.2) is 5.65 Å². The second-order valence-electron chi connectivity index (χ2n) is 5.52. The van der Waals surface area contributed by atoms with Crippen LogP contribution in [0.2, 0.25) is 0 Å². The van der Waals surface area contributed by atoms with Crippen LogP contribution in [0.15, 0.2) is 42.6 Å². The van der Waals surface area contributed by atoms with Crippen molar-refractivity contribution in [2.24, 2.45) is 0 Å². The smallest absolute Gasteiger partial charge is 0.164 e. The van der Waals surface area contributed by atoms with Gasteiger partial charge in [-0.25, -0.2) is 14.4 Å². The lowest BCUT2D eigenvalue weighted by Crippen LogP contribution is -2.13. The van der Waals surface area contributed by atoms with Gasteiger partial charge >= 0.3 is 0 Å². The fourth-order valence-corrected chi connectivity index (χ4v) is 4.14. The molecule has 0 radical (unpaired) electrons. The summed E-state index contributed by atoms with van der Waals surface area (Å²) in [4.78, 5) is 9.29. The molecule has 22 heavy (non-hydrogen) atoms. The van der Waals surface area contributed by atoms with Crippen molar-refractivity contribution >= 4 is 22.9 Å². The summed E-state index contributed by atoms with van der Waals surface area (Å²) in [5.41, 5.74) is 2.48. The van der Waals surface area contributed by atoms with Crippen molar-refractivity contribution in [3.05, 3.63) is 54.2 Å². The second kappa shape index (κ2) is 5.72. The van der Waals surface area contributed by atoms with Gasteiger partial charge < -0.3 is 0 Å². The SMILES string of the molecule is Fc1cccc(-n2c(C3CCSCC3)nc3cccnc32)c1. The summed E-state index contributed by atoms with van der Waals surface area (Å²) in [5, 5.41) is 0. The molecule has 0 amide bonds. The average Bonchev–Trinajstić information content (AvgIpc) is 2.95. The van der Waals surface area contributed by atoms with Gasteiger partial charge in [-0.05, 0) is 54.7 Å². The minimum absolute atomic E-state index is 0.236. The maximum absolute atomic E-state index is 13.7. The van der Waals surface area contributed by atoms with Crippen LogP contribution in [0.4, 0.5) is 4.39 Å². The third kappa shape index (κ3) is 2.39. The molecule has 1 aromatic carbocycles.